The second-order valence-corrected chi connectivity index (χ2v) is 35.2. The molecule has 1 saturated heterocycles. The fourth-order valence-electron chi connectivity index (χ4n) is 12.7. The average molecular weight is 2010 g/mol. The fraction of sp³-hybridized carbons (Fsp3) is 0.374. The maximum Gasteiger partial charge on any atom is 0.222 e. The molecule has 13 heterocycles. The van der Waals surface area contributed by atoms with E-state index in [4.69, 9.17) is 70.0 Å². The molecular weight excluding hydrogens is 1890 g/mol. The Morgan fingerprint density at radius 2 is 0.803 bits per heavy atom. The summed E-state index contributed by atoms with van der Waals surface area (Å²) >= 11 is 8.30. The number of nitrogens with two attached hydrogens (primary N) is 3. The maximum absolute atomic E-state index is 9.40. The van der Waals surface area contributed by atoms with Gasteiger partial charge in [0.1, 0.15) is 84.1 Å². The van der Waals surface area contributed by atoms with Crippen molar-refractivity contribution in [3.63, 3.8) is 0 Å². The number of nitrogens with one attached hydrogen (secondary N) is 5. The van der Waals surface area contributed by atoms with E-state index in [9.17, 15) is 5.11 Å². The lowest BCUT2D eigenvalue weighted by atomic mass is 10.0. The number of hydrogen-bond donors (Lipinski definition) is 10. The molecule has 38 heteroatoms. The zero-order valence-electron chi connectivity index (χ0n) is 81.2. The number of ether oxygens (including phenoxy) is 6. The van der Waals surface area contributed by atoms with Gasteiger partial charge in [0.05, 0.1) is 61.5 Å². The molecule has 137 heavy (non-hydrogen) atoms. The summed E-state index contributed by atoms with van der Waals surface area (Å²) in [5, 5.41) is 35.0. The lowest BCUT2D eigenvalue weighted by Gasteiger charge is -2.19. The Bertz CT molecular complexity index is 6150. The highest BCUT2D eigenvalue weighted by Gasteiger charge is 2.24. The number of likely N-dealkylation sites (tertiary alicyclic amines) is 1. The Hall–Kier alpha value is -13.8. The van der Waals surface area contributed by atoms with Gasteiger partial charge in [-0.15, -0.1) is 31.0 Å². The topological polar surface area (TPSA) is 469 Å². The number of hydrogen-bond acceptors (Lipinski definition) is 36. The normalized spacial score (nSPS) is 11.6. The number of halogens is 2. The van der Waals surface area contributed by atoms with Crippen molar-refractivity contribution in [2.45, 2.75) is 191 Å². The van der Waals surface area contributed by atoms with Crippen LogP contribution in [0.2, 0.25) is 0 Å². The molecule has 1 aliphatic rings. The Morgan fingerprint density at radius 1 is 0.445 bits per heavy atom. The molecule has 12 aromatic rings. The molecule has 0 bridgehead atoms. The third-order valence-electron chi connectivity index (χ3n) is 19.9. The molecule has 0 unspecified atom stereocenters. The van der Waals surface area contributed by atoms with Crippen molar-refractivity contribution >= 4 is 96.0 Å². The zero-order chi connectivity index (χ0) is 100. The molecular formula is C99H123Br2N27O8S. The molecule has 0 aromatic carbocycles. The third kappa shape index (κ3) is 33.6. The number of aliphatic hydroxyl groups excluding tert-OH is 2. The molecule has 0 radical (unpaired) electrons. The van der Waals surface area contributed by atoms with Crippen molar-refractivity contribution in [3.05, 3.63) is 200 Å². The van der Waals surface area contributed by atoms with E-state index in [1.807, 2.05) is 66.1 Å². The first-order valence-corrected chi connectivity index (χ1v) is 47.2. The molecule has 0 aliphatic carbocycles. The summed E-state index contributed by atoms with van der Waals surface area (Å²) in [7, 11) is 1.79. The van der Waals surface area contributed by atoms with Crippen molar-refractivity contribution in [2.75, 3.05) is 103 Å². The van der Waals surface area contributed by atoms with Crippen LogP contribution < -0.4 is 72.2 Å². The minimum absolute atomic E-state index is 0.00374. The number of aryl methyl sites for hydroxylation is 4. The Labute approximate surface area is 823 Å². The summed E-state index contributed by atoms with van der Waals surface area (Å²) < 4.78 is 37.4. The Balaban J connectivity index is 0.000000202. The van der Waals surface area contributed by atoms with Crippen LogP contribution in [0.25, 0.3) is 5.57 Å². The molecule has 1 fully saturated rings. The Kier molecular flexibility index (Phi) is 42.8. The average Bonchev–Trinajstić information content (AvgIpc) is 0.963. The highest BCUT2D eigenvalue weighted by Crippen LogP contribution is 2.41. The van der Waals surface area contributed by atoms with Gasteiger partial charge in [-0.3, -0.25) is 0 Å². The summed E-state index contributed by atoms with van der Waals surface area (Å²) in [5.74, 6) is 22.0. The highest BCUT2D eigenvalue weighted by atomic mass is 79.9. The molecule has 0 saturated carbocycles. The molecule has 0 spiro atoms. The summed E-state index contributed by atoms with van der Waals surface area (Å²) in [6.07, 6.45) is 41.7. The van der Waals surface area contributed by atoms with Crippen molar-refractivity contribution in [1.82, 2.24) is 94.6 Å². The van der Waals surface area contributed by atoms with Gasteiger partial charge in [0.2, 0.25) is 11.9 Å². The second-order valence-electron chi connectivity index (χ2n) is 32.8. The highest BCUT2D eigenvalue weighted by molar-refractivity contribution is 9.10. The number of allylic oxidation sites excluding steroid dienone is 1. The number of rotatable bonds is 33. The van der Waals surface area contributed by atoms with Gasteiger partial charge in [-0.2, -0.15) is 9.97 Å². The van der Waals surface area contributed by atoms with Crippen LogP contribution in [-0.4, -0.2) is 176 Å². The quantitative estimate of drug-likeness (QED) is 0.0104. The van der Waals surface area contributed by atoms with Gasteiger partial charge in [0, 0.05) is 140 Å². The van der Waals surface area contributed by atoms with Gasteiger partial charge in [0.25, 0.3) is 0 Å². The number of nitrogens with zero attached hydrogens (tertiary/aromatic N) is 19. The van der Waals surface area contributed by atoms with E-state index < -0.39 is 0 Å². The van der Waals surface area contributed by atoms with Crippen molar-refractivity contribution in [2.24, 2.45) is 0 Å². The van der Waals surface area contributed by atoms with Crippen molar-refractivity contribution in [3.8, 4) is 106 Å². The first-order valence-electron chi connectivity index (χ1n) is 44.4. The molecule has 1 atom stereocenters. The predicted molar refractivity (Wildman–Crippen MR) is 549 cm³/mol. The molecule has 13 N–H and O–H groups in total. The van der Waals surface area contributed by atoms with Crippen LogP contribution in [-0.2, 0) is 0 Å². The number of pyridine rings is 6. The van der Waals surface area contributed by atoms with Crippen LogP contribution in [0.3, 0.4) is 0 Å². The van der Waals surface area contributed by atoms with Gasteiger partial charge >= 0.3 is 0 Å². The number of anilines is 8. The van der Waals surface area contributed by atoms with Crippen molar-refractivity contribution in [1.29, 1.82) is 0 Å². The van der Waals surface area contributed by atoms with E-state index in [1.54, 1.807) is 107 Å². The summed E-state index contributed by atoms with van der Waals surface area (Å²) in [6.45, 7) is 44.3. The number of terminal acetylenes is 3. The lowest BCUT2D eigenvalue weighted by molar-refractivity contribution is 0.271. The van der Waals surface area contributed by atoms with Crippen LogP contribution in [0.1, 0.15) is 220 Å². The number of aliphatic hydroxyl groups is 2. The van der Waals surface area contributed by atoms with Crippen molar-refractivity contribution < 1.29 is 38.6 Å². The van der Waals surface area contributed by atoms with Crippen LogP contribution in [0.15, 0.2) is 132 Å². The van der Waals surface area contributed by atoms with Gasteiger partial charge < -0.3 is 87.3 Å². The number of aromatic nitrogens is 18. The van der Waals surface area contributed by atoms with Crippen LogP contribution in [0, 0.1) is 64.7 Å². The number of nitrogen functional groups attached to an aromatic ring is 3. The zero-order valence-corrected chi connectivity index (χ0v) is 85.2. The lowest BCUT2D eigenvalue weighted by Crippen LogP contribution is -2.26. The van der Waals surface area contributed by atoms with Gasteiger partial charge in [0.15, 0.2) is 69.4 Å². The molecule has 0 amide bonds. The minimum atomic E-state index is -0.143. The SMILES string of the molecule is C#Cc1cc(Oc2cnc(C)nc2NC(C)C)c(C(C)C)cn1.C#Cc1cc(Oc2cnc(C)nc2NC)c(C(C)C)cn1.C#Cc1cc(Oc2cnc(C)nc2NCCO)c(C(C)C)cn1.C=C(C)c1cnc(SC)cc1Oc1cnc(C)nc1N.CC(C)c1cnc(Br)cc1Oc1cnc(N)nc1NCCN1CCCC1.CC[C@@H](CO)Nc1nc(N)ncc1Oc1cc(Br)ncc1C(C)C. The minimum Gasteiger partial charge on any atom is -0.451 e. The van der Waals surface area contributed by atoms with Crippen LogP contribution >= 0.6 is 43.6 Å². The maximum atomic E-state index is 9.40. The van der Waals surface area contributed by atoms with E-state index in [-0.39, 0.29) is 66.8 Å². The smallest absolute Gasteiger partial charge is 0.222 e. The molecule has 12 aromatic heterocycles. The molecule has 13 rings (SSSR count). The standard InChI is InChI=1S/C18H25BrN6O.C18H22N4O.C17H20N4O2.C16H22BrN5O2.C16H18N4O.C14H16N4OS/c1-12(2)13-10-22-16(19)9-14(13)26-15-11-23-18(20)24-17(15)21-5-8-25-6-3-4-7-25;1-7-14-8-16(15(9-20-14)11(2)3)23-17-10-19-13(6)22-18(17)21-12(4)5;1-5-13-8-15(14(9-20-13)11(2)3)23-16-10-19-12(4)21-17(16)18-6-7-22;1-4-10(8-23)21-15-13(7-20-16(18)22-15)24-12-5-14(17)19-6-11(12)9(2)3;1-6-12-7-14(13(8-19-12)10(2)3)21-15-9-18-11(4)20-16(15)17-5;1-8(2)10-6-17-13(20-4)5-11(10)19-12-7-16-9(3)18-14(12)15/h9-12H,3-8H2,1-2H3,(H3,20,21,23,24);1,8-12H,2-6H3,(H,19,21,22);1,8-11,22H,6-7H2,2-4H3,(H,18,19,21);5-7,9-10,23H,4,8H2,1-3H3,(H3,18,20,21,22);1,7-10H,2-5H3,(H,17,18,20);5-7H,1H2,2-4H3,(H2,15,16,18)/t;;;10-;;/m...0../s1. The summed E-state index contributed by atoms with van der Waals surface area (Å²) in [4.78, 5) is 78.3. The van der Waals surface area contributed by atoms with E-state index in [0.29, 0.717) is 150 Å². The van der Waals surface area contributed by atoms with Crippen LogP contribution in [0.4, 0.5) is 46.8 Å². The second kappa shape index (κ2) is 54.1. The van der Waals surface area contributed by atoms with E-state index in [2.05, 4.69) is 247 Å². The fourth-order valence-corrected chi connectivity index (χ4v) is 13.7. The first-order chi connectivity index (χ1) is 65.5. The largest absolute Gasteiger partial charge is 0.451 e. The third-order valence-corrected chi connectivity index (χ3v) is 21.4. The monoisotopic (exact) mass is 2010 g/mol. The van der Waals surface area contributed by atoms with Gasteiger partial charge in [-0.25, -0.2) is 79.7 Å². The van der Waals surface area contributed by atoms with Gasteiger partial charge in [-0.1, -0.05) is 101 Å². The Morgan fingerprint density at radius 3 is 1.19 bits per heavy atom. The summed E-state index contributed by atoms with van der Waals surface area (Å²) in [5.41, 5.74) is 25.5. The predicted octanol–water partition coefficient (Wildman–Crippen LogP) is 19.8. The van der Waals surface area contributed by atoms with E-state index in [1.165, 1.54) is 43.9 Å². The number of thioether (sulfide) groups is 1. The molecule has 35 nitrogen and oxygen atoms in total. The van der Waals surface area contributed by atoms with E-state index >= 15 is 0 Å². The van der Waals surface area contributed by atoms with Crippen LogP contribution in [0.5, 0.6) is 69.0 Å². The molecule has 1 aliphatic heterocycles. The van der Waals surface area contributed by atoms with Gasteiger partial charge in [-0.05, 0) is 154 Å². The van der Waals surface area contributed by atoms with E-state index in [0.717, 1.165) is 73.8 Å². The summed E-state index contributed by atoms with van der Waals surface area (Å²) in [6, 6.07) is 10.9. The molecule has 722 valence electrons. The first kappa shape index (κ1) is 109.